The molecule has 0 saturated heterocycles. The van der Waals surface area contributed by atoms with Crippen molar-refractivity contribution in [2.45, 2.75) is 13.0 Å². The minimum atomic E-state index is -1.00. The number of ether oxygens (including phenoxy) is 1. The quantitative estimate of drug-likeness (QED) is 0.867. The second-order valence-electron chi connectivity index (χ2n) is 3.25. The summed E-state index contributed by atoms with van der Waals surface area (Å²) < 4.78 is 6.00. The first kappa shape index (κ1) is 13.3. The summed E-state index contributed by atoms with van der Waals surface area (Å²) in [4.78, 5) is 10.3. The highest BCUT2D eigenvalue weighted by Crippen LogP contribution is 2.27. The molecule has 1 atom stereocenters. The Kier molecular flexibility index (Phi) is 4.73. The van der Waals surface area contributed by atoms with Gasteiger partial charge in [0.2, 0.25) is 0 Å². The van der Waals surface area contributed by atoms with Crippen LogP contribution < -0.4 is 4.74 Å². The van der Waals surface area contributed by atoms with Crippen molar-refractivity contribution in [1.82, 2.24) is 0 Å². The Morgan fingerprint density at radius 1 is 1.65 bits per heavy atom. The number of hydrogen-bond acceptors (Lipinski definition) is 3. The van der Waals surface area contributed by atoms with E-state index in [9.17, 15) is 4.79 Å². The van der Waals surface area contributed by atoms with Gasteiger partial charge in [-0.25, -0.2) is 4.79 Å². The maximum atomic E-state index is 10.3. The maximum absolute atomic E-state index is 10.3. The van der Waals surface area contributed by atoms with Crippen LogP contribution in [0.3, 0.4) is 0 Å². The summed E-state index contributed by atoms with van der Waals surface area (Å²) >= 11 is 3.30. The van der Waals surface area contributed by atoms with Crippen LogP contribution in [0.4, 0.5) is 0 Å². The molecule has 0 radical (unpaired) electrons. The molecule has 4 nitrogen and oxygen atoms in total. The molecule has 0 heterocycles. The van der Waals surface area contributed by atoms with Gasteiger partial charge in [-0.1, -0.05) is 6.07 Å². The molecular formula is C12H10BrNO3. The van der Waals surface area contributed by atoms with Crippen molar-refractivity contribution in [3.05, 3.63) is 34.3 Å². The number of carbonyl (C=O) groups is 1. The van der Waals surface area contributed by atoms with E-state index in [1.54, 1.807) is 25.1 Å². The molecule has 0 aliphatic rings. The molecule has 0 aliphatic carbocycles. The van der Waals surface area contributed by atoms with Gasteiger partial charge in [0.15, 0.2) is 6.10 Å². The number of nitriles is 1. The van der Waals surface area contributed by atoms with Crippen LogP contribution in [0.25, 0.3) is 6.08 Å². The summed E-state index contributed by atoms with van der Waals surface area (Å²) in [5.41, 5.74) is 0.733. The van der Waals surface area contributed by atoms with Crippen LogP contribution in [-0.2, 0) is 4.79 Å². The van der Waals surface area contributed by atoms with Crippen LogP contribution in [0, 0.1) is 11.3 Å². The molecule has 1 unspecified atom stereocenters. The average Bonchev–Trinajstić information content (AvgIpc) is 2.29. The number of carboxylic acid groups (broad SMARTS) is 1. The van der Waals surface area contributed by atoms with E-state index in [4.69, 9.17) is 15.1 Å². The largest absolute Gasteiger partial charge is 0.478 e. The van der Waals surface area contributed by atoms with E-state index in [0.29, 0.717) is 10.2 Å². The molecule has 88 valence electrons. The van der Waals surface area contributed by atoms with Gasteiger partial charge in [-0.3, -0.25) is 0 Å². The van der Waals surface area contributed by atoms with Crippen molar-refractivity contribution in [3.63, 3.8) is 0 Å². The van der Waals surface area contributed by atoms with Crippen molar-refractivity contribution in [3.8, 4) is 11.8 Å². The molecule has 1 aromatic rings. The van der Waals surface area contributed by atoms with Crippen molar-refractivity contribution in [2.75, 3.05) is 0 Å². The molecule has 0 aliphatic heterocycles. The van der Waals surface area contributed by atoms with Crippen LogP contribution in [0.5, 0.6) is 5.75 Å². The molecule has 17 heavy (non-hydrogen) atoms. The highest BCUT2D eigenvalue weighted by atomic mass is 79.9. The topological polar surface area (TPSA) is 70.3 Å². The summed E-state index contributed by atoms with van der Waals surface area (Å²) in [7, 11) is 0. The van der Waals surface area contributed by atoms with Crippen LogP contribution >= 0.6 is 15.9 Å². The fourth-order valence-electron chi connectivity index (χ4n) is 1.10. The smallest absolute Gasteiger partial charge is 0.328 e. The van der Waals surface area contributed by atoms with Crippen LogP contribution in [0.15, 0.2) is 28.7 Å². The van der Waals surface area contributed by atoms with E-state index in [0.717, 1.165) is 11.6 Å². The SMILES string of the molecule is CC(C#N)Oc1ccc(C=CC(=O)O)cc1Br. The Morgan fingerprint density at radius 2 is 2.35 bits per heavy atom. The predicted molar refractivity (Wildman–Crippen MR) is 66.5 cm³/mol. The molecule has 1 aromatic carbocycles. The van der Waals surface area contributed by atoms with Gasteiger partial charge in [-0.2, -0.15) is 5.26 Å². The van der Waals surface area contributed by atoms with E-state index in [1.807, 2.05) is 6.07 Å². The van der Waals surface area contributed by atoms with Crippen LogP contribution in [-0.4, -0.2) is 17.2 Å². The Labute approximate surface area is 107 Å². The average molecular weight is 296 g/mol. The molecule has 5 heteroatoms. The number of carboxylic acids is 1. The van der Waals surface area contributed by atoms with Gasteiger partial charge in [-0.15, -0.1) is 0 Å². The number of nitrogens with zero attached hydrogens (tertiary/aromatic N) is 1. The van der Waals surface area contributed by atoms with Crippen LogP contribution in [0.2, 0.25) is 0 Å². The minimum Gasteiger partial charge on any atom is -0.478 e. The van der Waals surface area contributed by atoms with E-state index >= 15 is 0 Å². The van der Waals surface area contributed by atoms with E-state index < -0.39 is 12.1 Å². The van der Waals surface area contributed by atoms with Crippen molar-refractivity contribution >= 4 is 28.0 Å². The second kappa shape index (κ2) is 6.06. The van der Waals surface area contributed by atoms with Gasteiger partial charge in [0.25, 0.3) is 0 Å². The molecule has 0 spiro atoms. The van der Waals surface area contributed by atoms with Gasteiger partial charge in [-0.05, 0) is 46.6 Å². The highest BCUT2D eigenvalue weighted by molar-refractivity contribution is 9.10. The zero-order valence-corrected chi connectivity index (χ0v) is 10.6. The van der Waals surface area contributed by atoms with Gasteiger partial charge in [0.05, 0.1) is 4.47 Å². The number of halogens is 1. The Morgan fingerprint density at radius 3 is 2.88 bits per heavy atom. The van der Waals surface area contributed by atoms with E-state index in [1.165, 1.54) is 6.08 Å². The summed E-state index contributed by atoms with van der Waals surface area (Å²) in [6.07, 6.45) is 2.00. The molecule has 0 amide bonds. The Balaban J connectivity index is 2.87. The number of benzene rings is 1. The first-order chi connectivity index (χ1) is 8.02. The first-order valence-electron chi connectivity index (χ1n) is 4.79. The third-order valence-corrected chi connectivity index (χ3v) is 2.48. The Hall–Kier alpha value is -1.80. The normalized spacial score (nSPS) is 12.1. The van der Waals surface area contributed by atoms with Gasteiger partial charge in [0, 0.05) is 6.08 Å². The predicted octanol–water partition coefficient (Wildman–Crippen LogP) is 2.84. The van der Waals surface area contributed by atoms with E-state index in [2.05, 4.69) is 15.9 Å². The van der Waals surface area contributed by atoms with E-state index in [-0.39, 0.29) is 0 Å². The molecule has 0 aromatic heterocycles. The molecule has 0 bridgehead atoms. The Bertz CT molecular complexity index is 491. The lowest BCUT2D eigenvalue weighted by molar-refractivity contribution is -0.131. The zero-order chi connectivity index (χ0) is 12.8. The molecule has 0 fully saturated rings. The number of rotatable bonds is 4. The number of aliphatic carboxylic acids is 1. The fourth-order valence-corrected chi connectivity index (χ4v) is 1.59. The highest BCUT2D eigenvalue weighted by Gasteiger charge is 2.06. The van der Waals surface area contributed by atoms with Crippen molar-refractivity contribution < 1.29 is 14.6 Å². The van der Waals surface area contributed by atoms with Crippen molar-refractivity contribution in [2.24, 2.45) is 0 Å². The lowest BCUT2D eigenvalue weighted by Crippen LogP contribution is -2.08. The number of hydrogen-bond donors (Lipinski definition) is 1. The second-order valence-corrected chi connectivity index (χ2v) is 4.10. The third kappa shape index (κ3) is 4.29. The van der Waals surface area contributed by atoms with Crippen molar-refractivity contribution in [1.29, 1.82) is 5.26 Å². The molecule has 1 N–H and O–H groups in total. The zero-order valence-electron chi connectivity index (χ0n) is 9.05. The maximum Gasteiger partial charge on any atom is 0.328 e. The summed E-state index contributed by atoms with van der Waals surface area (Å²) in [6.45, 7) is 1.64. The molecule has 1 rings (SSSR count). The van der Waals surface area contributed by atoms with Gasteiger partial charge >= 0.3 is 5.97 Å². The molecular weight excluding hydrogens is 286 g/mol. The molecule has 0 saturated carbocycles. The van der Waals surface area contributed by atoms with Gasteiger partial charge < -0.3 is 9.84 Å². The summed E-state index contributed by atoms with van der Waals surface area (Å²) in [6, 6.07) is 7.07. The minimum absolute atomic E-state index is 0.535. The standard InChI is InChI=1S/C12H10BrNO3/c1-8(7-14)17-11-4-2-9(6-10(11)13)3-5-12(15)16/h2-6,8H,1H3,(H,15,16). The third-order valence-electron chi connectivity index (χ3n) is 1.86. The fraction of sp³-hybridized carbons (Fsp3) is 0.167. The van der Waals surface area contributed by atoms with Gasteiger partial charge in [0.1, 0.15) is 11.8 Å². The first-order valence-corrected chi connectivity index (χ1v) is 5.59. The lowest BCUT2D eigenvalue weighted by Gasteiger charge is -2.09. The monoisotopic (exact) mass is 295 g/mol. The van der Waals surface area contributed by atoms with Crippen LogP contribution in [0.1, 0.15) is 12.5 Å². The summed E-state index contributed by atoms with van der Waals surface area (Å²) in [5, 5.41) is 17.1. The lowest BCUT2D eigenvalue weighted by atomic mass is 10.2. The summed E-state index contributed by atoms with van der Waals surface area (Å²) in [5.74, 6) is -0.453.